The average molecular weight is 301 g/mol. The third-order valence-electron chi connectivity index (χ3n) is 3.03. The number of nitrogens with zero attached hydrogens (tertiary/aromatic N) is 4. The summed E-state index contributed by atoms with van der Waals surface area (Å²) in [7, 11) is 3.72. The first-order valence-corrected chi connectivity index (χ1v) is 6.81. The summed E-state index contributed by atoms with van der Waals surface area (Å²) in [6, 6.07) is 7.69. The number of aliphatic hydroxyl groups excluding tert-OH is 1. The monoisotopic (exact) mass is 301 g/mol. The molecular formula is C15H19N5O2. The van der Waals surface area contributed by atoms with Crippen LogP contribution >= 0.6 is 0 Å². The lowest BCUT2D eigenvalue weighted by Crippen LogP contribution is -2.28. The molecular weight excluding hydrogens is 282 g/mol. The summed E-state index contributed by atoms with van der Waals surface area (Å²) in [4.78, 5) is 10.3. The Balaban J connectivity index is 2.17. The van der Waals surface area contributed by atoms with Crippen molar-refractivity contribution in [1.29, 1.82) is 5.26 Å². The summed E-state index contributed by atoms with van der Waals surface area (Å²) in [5, 5.41) is 21.5. The maximum atomic E-state index is 9.25. The highest BCUT2D eigenvalue weighted by Gasteiger charge is 2.31. The lowest BCUT2D eigenvalue weighted by atomic mass is 10.1. The van der Waals surface area contributed by atoms with E-state index in [1.807, 2.05) is 14.1 Å². The third kappa shape index (κ3) is 3.74. The minimum Gasteiger partial charge on any atom is -0.462 e. The van der Waals surface area contributed by atoms with Crippen LogP contribution in [0.15, 0.2) is 28.2 Å². The summed E-state index contributed by atoms with van der Waals surface area (Å²) in [5.74, 6) is 0. The van der Waals surface area contributed by atoms with Crippen molar-refractivity contribution in [2.75, 3.05) is 32.6 Å². The zero-order valence-electron chi connectivity index (χ0n) is 12.9. The van der Waals surface area contributed by atoms with Gasteiger partial charge in [0.15, 0.2) is 0 Å². The van der Waals surface area contributed by atoms with E-state index in [9.17, 15) is 10.4 Å². The van der Waals surface area contributed by atoms with Crippen LogP contribution in [-0.2, 0) is 4.74 Å². The molecule has 1 aliphatic heterocycles. The van der Waals surface area contributed by atoms with Crippen LogP contribution in [-0.4, -0.2) is 55.2 Å². The van der Waals surface area contributed by atoms with Crippen LogP contribution in [0.2, 0.25) is 0 Å². The summed E-state index contributed by atoms with van der Waals surface area (Å²) in [5.41, 5.74) is 1.11. The topological polar surface area (TPSA) is 93.2 Å². The van der Waals surface area contributed by atoms with Gasteiger partial charge in [-0.2, -0.15) is 5.26 Å². The van der Waals surface area contributed by atoms with Gasteiger partial charge in [0.1, 0.15) is 18.2 Å². The van der Waals surface area contributed by atoms with Gasteiger partial charge in [-0.05, 0) is 25.1 Å². The van der Waals surface area contributed by atoms with Crippen LogP contribution < -0.4 is 5.32 Å². The van der Waals surface area contributed by atoms with Crippen molar-refractivity contribution in [1.82, 2.24) is 4.90 Å². The van der Waals surface area contributed by atoms with Gasteiger partial charge in [-0.25, -0.2) is 9.98 Å². The lowest BCUT2D eigenvalue weighted by molar-refractivity contribution is 0.170. The molecule has 0 saturated heterocycles. The van der Waals surface area contributed by atoms with Gasteiger partial charge >= 0.3 is 0 Å². The number of rotatable bonds is 4. The Morgan fingerprint density at radius 1 is 1.59 bits per heavy atom. The Bertz CT molecular complexity index is 648. The van der Waals surface area contributed by atoms with E-state index in [4.69, 9.17) is 4.74 Å². The van der Waals surface area contributed by atoms with E-state index in [-0.39, 0.29) is 6.61 Å². The van der Waals surface area contributed by atoms with Crippen LogP contribution in [0.4, 0.5) is 11.4 Å². The first-order valence-electron chi connectivity index (χ1n) is 6.81. The fourth-order valence-corrected chi connectivity index (χ4v) is 1.80. The van der Waals surface area contributed by atoms with Crippen LogP contribution in [0.25, 0.3) is 0 Å². The van der Waals surface area contributed by atoms with Gasteiger partial charge < -0.3 is 20.1 Å². The van der Waals surface area contributed by atoms with Gasteiger partial charge in [0.05, 0.1) is 24.2 Å². The molecule has 0 aromatic heterocycles. The van der Waals surface area contributed by atoms with E-state index in [0.717, 1.165) is 0 Å². The van der Waals surface area contributed by atoms with E-state index in [1.54, 1.807) is 36.4 Å². The van der Waals surface area contributed by atoms with Crippen molar-refractivity contribution in [3.05, 3.63) is 23.8 Å². The second-order valence-electron chi connectivity index (χ2n) is 5.54. The molecule has 0 bridgehead atoms. The number of anilines is 1. The van der Waals surface area contributed by atoms with Crippen molar-refractivity contribution in [2.24, 2.45) is 9.98 Å². The molecule has 0 aliphatic carbocycles. The van der Waals surface area contributed by atoms with Gasteiger partial charge in [-0.3, -0.25) is 0 Å². The maximum Gasteiger partial charge on any atom is 0.290 e. The highest BCUT2D eigenvalue weighted by atomic mass is 16.5. The first-order chi connectivity index (χ1) is 10.5. The smallest absolute Gasteiger partial charge is 0.290 e. The Morgan fingerprint density at radius 3 is 2.95 bits per heavy atom. The predicted octanol–water partition coefficient (Wildman–Crippen LogP) is 1.33. The van der Waals surface area contributed by atoms with E-state index in [2.05, 4.69) is 21.4 Å². The molecule has 0 amide bonds. The molecule has 1 aromatic rings. The molecule has 22 heavy (non-hydrogen) atoms. The van der Waals surface area contributed by atoms with Crippen molar-refractivity contribution in [3.63, 3.8) is 0 Å². The standard InChI is InChI=1S/C15H19N5O2/c1-15(8-21)9-22-14(19-15)18-12-4-5-13(11(6-12)7-16)17-10-20(2)3/h4-6,10,21H,8-9H2,1-3H3,(H,18,19)/b17-10+. The average Bonchev–Trinajstić information content (AvgIpc) is 2.87. The van der Waals surface area contributed by atoms with Crippen LogP contribution in [0.5, 0.6) is 0 Å². The largest absolute Gasteiger partial charge is 0.462 e. The molecule has 2 rings (SSSR count). The quantitative estimate of drug-likeness (QED) is 0.646. The fraction of sp³-hybridized carbons (Fsp3) is 0.400. The molecule has 7 heteroatoms. The Hall–Kier alpha value is -2.59. The molecule has 7 nitrogen and oxygen atoms in total. The normalized spacial score (nSPS) is 20.4. The Kier molecular flexibility index (Phi) is 4.63. The van der Waals surface area contributed by atoms with Gasteiger partial charge in [-0.1, -0.05) is 0 Å². The minimum absolute atomic E-state index is 0.0835. The maximum absolute atomic E-state index is 9.25. The SMILES string of the molecule is CN(C)/C=N/c1ccc(NC2=NC(C)(CO)CO2)cc1C#N. The highest BCUT2D eigenvalue weighted by molar-refractivity contribution is 5.91. The molecule has 1 aliphatic rings. The molecule has 1 unspecified atom stereocenters. The zero-order chi connectivity index (χ0) is 16.2. The fourth-order valence-electron chi connectivity index (χ4n) is 1.80. The van der Waals surface area contributed by atoms with Crippen LogP contribution in [0.3, 0.4) is 0 Å². The molecule has 0 fully saturated rings. The van der Waals surface area contributed by atoms with Gasteiger partial charge in [0, 0.05) is 19.8 Å². The van der Waals surface area contributed by atoms with Crippen molar-refractivity contribution >= 4 is 23.7 Å². The molecule has 116 valence electrons. The van der Waals surface area contributed by atoms with Crippen molar-refractivity contribution in [3.8, 4) is 6.07 Å². The molecule has 0 saturated carbocycles. The first kappa shape index (κ1) is 15.8. The van der Waals surface area contributed by atoms with Crippen LogP contribution in [0, 0.1) is 11.3 Å². The van der Waals surface area contributed by atoms with Gasteiger partial charge in [-0.15, -0.1) is 0 Å². The lowest BCUT2D eigenvalue weighted by Gasteiger charge is -2.12. The third-order valence-corrected chi connectivity index (χ3v) is 3.03. The zero-order valence-corrected chi connectivity index (χ0v) is 12.9. The molecule has 1 heterocycles. The van der Waals surface area contributed by atoms with E-state index in [0.29, 0.717) is 29.6 Å². The molecule has 1 atom stereocenters. The van der Waals surface area contributed by atoms with Gasteiger partial charge in [0.2, 0.25) is 0 Å². The second kappa shape index (κ2) is 6.45. The molecule has 1 aromatic carbocycles. The summed E-state index contributed by atoms with van der Waals surface area (Å²) >= 11 is 0. The second-order valence-corrected chi connectivity index (χ2v) is 5.54. The number of amidine groups is 1. The van der Waals surface area contributed by atoms with Gasteiger partial charge in [0.25, 0.3) is 6.02 Å². The number of nitriles is 1. The Morgan fingerprint density at radius 2 is 2.36 bits per heavy atom. The summed E-state index contributed by atoms with van der Waals surface area (Å²) in [6.07, 6.45) is 1.64. The summed E-state index contributed by atoms with van der Waals surface area (Å²) in [6.45, 7) is 2.05. The van der Waals surface area contributed by atoms with Crippen LogP contribution in [0.1, 0.15) is 12.5 Å². The molecule has 0 radical (unpaired) electrons. The number of aliphatic hydroxyl groups is 1. The predicted molar refractivity (Wildman–Crippen MR) is 85.5 cm³/mol. The number of hydrogen-bond acceptors (Lipinski definition) is 6. The van der Waals surface area contributed by atoms with Crippen molar-refractivity contribution < 1.29 is 9.84 Å². The Labute approximate surface area is 129 Å². The van der Waals surface area contributed by atoms with E-state index < -0.39 is 5.54 Å². The molecule has 2 N–H and O–H groups in total. The van der Waals surface area contributed by atoms with Crippen molar-refractivity contribution in [2.45, 2.75) is 12.5 Å². The number of hydrogen-bond donors (Lipinski definition) is 2. The number of ether oxygens (including phenoxy) is 1. The summed E-state index contributed by atoms with van der Waals surface area (Å²) < 4.78 is 5.41. The molecule has 0 spiro atoms. The van der Waals surface area contributed by atoms with E-state index >= 15 is 0 Å². The number of benzene rings is 1. The highest BCUT2D eigenvalue weighted by Crippen LogP contribution is 2.24. The number of nitrogens with one attached hydrogen (secondary N) is 1. The minimum atomic E-state index is -0.615. The van der Waals surface area contributed by atoms with E-state index in [1.165, 1.54) is 0 Å². The number of aliphatic imine (C=N–C) groups is 2.